The van der Waals surface area contributed by atoms with Crippen molar-refractivity contribution in [3.63, 3.8) is 0 Å². The van der Waals surface area contributed by atoms with Gasteiger partial charge in [0, 0.05) is 12.1 Å². The van der Waals surface area contributed by atoms with Crippen LogP contribution in [-0.2, 0) is 4.79 Å². The summed E-state index contributed by atoms with van der Waals surface area (Å²) in [5.74, 6) is -1.03. The van der Waals surface area contributed by atoms with Gasteiger partial charge in [0.25, 0.3) is 0 Å². The predicted molar refractivity (Wildman–Crippen MR) is 61.8 cm³/mol. The molecule has 0 fully saturated rings. The second-order valence-electron chi connectivity index (χ2n) is 3.62. The number of benzene rings is 1. The zero-order valence-electron chi connectivity index (χ0n) is 9.63. The maximum Gasteiger partial charge on any atom is 0.335 e. The largest absolute Gasteiger partial charge is 0.478 e. The highest BCUT2D eigenvalue weighted by molar-refractivity contribution is 5.94. The molecule has 0 aliphatic heterocycles. The van der Waals surface area contributed by atoms with Crippen LogP contribution in [0.3, 0.4) is 0 Å². The number of amides is 1. The molecule has 0 spiro atoms. The van der Waals surface area contributed by atoms with E-state index in [0.717, 1.165) is 5.56 Å². The maximum atomic E-state index is 11.2. The zero-order chi connectivity index (χ0) is 12.3. The summed E-state index contributed by atoms with van der Waals surface area (Å²) in [6, 6.07) is 3.13. The number of rotatable bonds is 3. The Bertz CT molecular complexity index is 438. The first kappa shape index (κ1) is 12.2. The minimum absolute atomic E-state index is 0.0782. The predicted octanol–water partition coefficient (Wildman–Crippen LogP) is 2.35. The van der Waals surface area contributed by atoms with E-state index in [9.17, 15) is 9.59 Å². The molecule has 86 valence electrons. The van der Waals surface area contributed by atoms with Gasteiger partial charge in [0.15, 0.2) is 0 Å². The molecular formula is C12H15NO3. The third-order valence-electron chi connectivity index (χ3n) is 2.61. The molecule has 0 heterocycles. The highest BCUT2D eigenvalue weighted by atomic mass is 16.4. The van der Waals surface area contributed by atoms with Gasteiger partial charge < -0.3 is 10.4 Å². The molecule has 16 heavy (non-hydrogen) atoms. The average molecular weight is 221 g/mol. The lowest BCUT2D eigenvalue weighted by Gasteiger charge is -2.11. The fourth-order valence-corrected chi connectivity index (χ4v) is 1.43. The van der Waals surface area contributed by atoms with Gasteiger partial charge in [-0.1, -0.05) is 6.92 Å². The van der Waals surface area contributed by atoms with E-state index in [0.29, 0.717) is 17.7 Å². The van der Waals surface area contributed by atoms with Crippen LogP contribution in [0, 0.1) is 13.8 Å². The zero-order valence-corrected chi connectivity index (χ0v) is 9.63. The van der Waals surface area contributed by atoms with Gasteiger partial charge in [-0.05, 0) is 37.1 Å². The Morgan fingerprint density at radius 3 is 2.38 bits per heavy atom. The number of hydrogen-bond donors (Lipinski definition) is 2. The van der Waals surface area contributed by atoms with Gasteiger partial charge >= 0.3 is 5.97 Å². The first-order chi connectivity index (χ1) is 7.47. The lowest BCUT2D eigenvalue weighted by Crippen LogP contribution is -2.12. The van der Waals surface area contributed by atoms with E-state index in [1.807, 2.05) is 0 Å². The number of carbonyl (C=O) groups is 2. The highest BCUT2D eigenvalue weighted by Crippen LogP contribution is 2.22. The van der Waals surface area contributed by atoms with Crippen molar-refractivity contribution in [3.8, 4) is 0 Å². The molecule has 0 aliphatic carbocycles. The molecule has 2 N–H and O–H groups in total. The Labute approximate surface area is 94.3 Å². The minimum atomic E-state index is -0.950. The van der Waals surface area contributed by atoms with Crippen molar-refractivity contribution >= 4 is 17.6 Å². The molecule has 4 heteroatoms. The Morgan fingerprint density at radius 1 is 1.25 bits per heavy atom. The first-order valence-corrected chi connectivity index (χ1v) is 5.10. The second kappa shape index (κ2) is 4.79. The van der Waals surface area contributed by atoms with Crippen LogP contribution in [0.5, 0.6) is 0 Å². The summed E-state index contributed by atoms with van der Waals surface area (Å²) in [5.41, 5.74) is 2.42. The van der Waals surface area contributed by atoms with E-state index in [-0.39, 0.29) is 11.5 Å². The van der Waals surface area contributed by atoms with E-state index < -0.39 is 5.97 Å². The third kappa shape index (κ3) is 2.39. The van der Waals surface area contributed by atoms with Gasteiger partial charge in [-0.15, -0.1) is 0 Å². The summed E-state index contributed by atoms with van der Waals surface area (Å²) >= 11 is 0. The van der Waals surface area contributed by atoms with Crippen LogP contribution in [0.25, 0.3) is 0 Å². The number of aromatic carboxylic acids is 1. The molecule has 1 rings (SSSR count). The van der Waals surface area contributed by atoms with Crippen LogP contribution >= 0.6 is 0 Å². The van der Waals surface area contributed by atoms with Gasteiger partial charge in [-0.2, -0.15) is 0 Å². The molecule has 1 aromatic rings. The molecular weight excluding hydrogens is 206 g/mol. The lowest BCUT2D eigenvalue weighted by molar-refractivity contribution is -0.115. The number of carboxylic acids is 1. The molecule has 4 nitrogen and oxygen atoms in total. The monoisotopic (exact) mass is 221 g/mol. The van der Waals surface area contributed by atoms with E-state index >= 15 is 0 Å². The maximum absolute atomic E-state index is 11.2. The molecule has 0 atom stereocenters. The van der Waals surface area contributed by atoms with E-state index in [4.69, 9.17) is 5.11 Å². The van der Waals surface area contributed by atoms with E-state index in [1.54, 1.807) is 26.8 Å². The number of hydrogen-bond acceptors (Lipinski definition) is 2. The van der Waals surface area contributed by atoms with Gasteiger partial charge in [0.1, 0.15) is 0 Å². The van der Waals surface area contributed by atoms with E-state index in [2.05, 4.69) is 5.32 Å². The molecule has 0 aliphatic rings. The highest BCUT2D eigenvalue weighted by Gasteiger charge is 2.12. The summed E-state index contributed by atoms with van der Waals surface area (Å²) in [5, 5.41) is 11.7. The van der Waals surface area contributed by atoms with Gasteiger partial charge in [-0.3, -0.25) is 4.79 Å². The number of nitrogens with one attached hydrogen (secondary N) is 1. The molecule has 0 saturated heterocycles. The minimum Gasteiger partial charge on any atom is -0.478 e. The van der Waals surface area contributed by atoms with Gasteiger partial charge in [0.2, 0.25) is 5.91 Å². The van der Waals surface area contributed by atoms with Crippen molar-refractivity contribution in [1.82, 2.24) is 0 Å². The van der Waals surface area contributed by atoms with Crippen molar-refractivity contribution in [3.05, 3.63) is 28.8 Å². The molecule has 1 aromatic carbocycles. The summed E-state index contributed by atoms with van der Waals surface area (Å²) in [6.07, 6.45) is 0.402. The fourth-order valence-electron chi connectivity index (χ4n) is 1.43. The van der Waals surface area contributed by atoms with Crippen LogP contribution < -0.4 is 5.32 Å². The fraction of sp³-hybridized carbons (Fsp3) is 0.333. The summed E-state index contributed by atoms with van der Waals surface area (Å²) in [4.78, 5) is 22.1. The van der Waals surface area contributed by atoms with Crippen molar-refractivity contribution in [2.75, 3.05) is 5.32 Å². The summed E-state index contributed by atoms with van der Waals surface area (Å²) in [7, 11) is 0. The lowest BCUT2D eigenvalue weighted by atomic mass is 10.0. The molecule has 0 aromatic heterocycles. The smallest absolute Gasteiger partial charge is 0.335 e. The average Bonchev–Trinajstić information content (AvgIpc) is 2.24. The van der Waals surface area contributed by atoms with Crippen LogP contribution in [0.4, 0.5) is 5.69 Å². The number of carbonyl (C=O) groups excluding carboxylic acids is 1. The Morgan fingerprint density at radius 2 is 1.88 bits per heavy atom. The van der Waals surface area contributed by atoms with Crippen LogP contribution in [-0.4, -0.2) is 17.0 Å². The molecule has 1 amide bonds. The Balaban J connectivity index is 3.12. The standard InChI is InChI=1S/C12H15NO3/c1-4-11(14)13-10-6-5-9(12(15)16)7(2)8(10)3/h5-6H,4H2,1-3H3,(H,13,14)(H,15,16). The number of anilines is 1. The molecule has 0 saturated carbocycles. The molecule has 0 radical (unpaired) electrons. The molecule has 0 bridgehead atoms. The van der Waals surface area contributed by atoms with Crippen LogP contribution in [0.1, 0.15) is 34.8 Å². The Hall–Kier alpha value is -1.84. The van der Waals surface area contributed by atoms with Crippen molar-refractivity contribution in [2.24, 2.45) is 0 Å². The van der Waals surface area contributed by atoms with Crippen LogP contribution in [0.2, 0.25) is 0 Å². The summed E-state index contributed by atoms with van der Waals surface area (Å²) in [6.45, 7) is 5.30. The van der Waals surface area contributed by atoms with E-state index in [1.165, 1.54) is 6.07 Å². The Kier molecular flexibility index (Phi) is 3.66. The molecule has 0 unspecified atom stereocenters. The summed E-state index contributed by atoms with van der Waals surface area (Å²) < 4.78 is 0. The SMILES string of the molecule is CCC(=O)Nc1ccc(C(=O)O)c(C)c1C. The van der Waals surface area contributed by atoms with Gasteiger partial charge in [0.05, 0.1) is 5.56 Å². The quantitative estimate of drug-likeness (QED) is 0.823. The third-order valence-corrected chi connectivity index (χ3v) is 2.61. The number of carboxylic acid groups (broad SMARTS) is 1. The normalized spacial score (nSPS) is 9.94. The van der Waals surface area contributed by atoms with Crippen molar-refractivity contribution in [1.29, 1.82) is 0 Å². The first-order valence-electron chi connectivity index (χ1n) is 5.10. The topological polar surface area (TPSA) is 66.4 Å². The van der Waals surface area contributed by atoms with Crippen LogP contribution in [0.15, 0.2) is 12.1 Å². The second-order valence-corrected chi connectivity index (χ2v) is 3.62. The van der Waals surface area contributed by atoms with Gasteiger partial charge in [-0.25, -0.2) is 4.79 Å². The van der Waals surface area contributed by atoms with Crippen molar-refractivity contribution < 1.29 is 14.7 Å². The van der Waals surface area contributed by atoms with Crippen molar-refractivity contribution in [2.45, 2.75) is 27.2 Å².